The minimum atomic E-state index is 0.442. The third-order valence-electron chi connectivity index (χ3n) is 1.31. The van der Waals surface area contributed by atoms with E-state index in [4.69, 9.17) is 11.6 Å². The molecule has 0 bridgehead atoms. The molecule has 2 aromatic heterocycles. The summed E-state index contributed by atoms with van der Waals surface area (Å²) in [5, 5.41) is 4.22. The zero-order valence-corrected chi connectivity index (χ0v) is 6.69. The van der Waals surface area contributed by atoms with Gasteiger partial charge >= 0.3 is 0 Å². The molecular weight excluding hydrogens is 178 g/mol. The zero-order chi connectivity index (χ0) is 8.39. The largest absolute Gasteiger partial charge is 0.342 e. The highest BCUT2D eigenvalue weighted by Crippen LogP contribution is 2.15. The molecule has 5 heteroatoms. The number of pyridine rings is 1. The first kappa shape index (κ1) is 7.24. The number of halogens is 1. The normalized spacial score (nSPS) is 10.1. The molecule has 0 N–H and O–H groups in total. The van der Waals surface area contributed by atoms with Gasteiger partial charge in [-0.3, -0.25) is 4.98 Å². The second-order valence-electron chi connectivity index (χ2n) is 2.11. The molecule has 0 saturated carbocycles. The van der Waals surface area contributed by atoms with Gasteiger partial charge in [-0.25, -0.2) is 0 Å². The van der Waals surface area contributed by atoms with E-state index in [0.717, 1.165) is 0 Å². The third kappa shape index (κ3) is 1.29. The Morgan fingerprint density at radius 1 is 1.33 bits per heavy atom. The second kappa shape index (κ2) is 2.91. The summed E-state index contributed by atoms with van der Waals surface area (Å²) < 4.78 is 4.56. The van der Waals surface area contributed by atoms with E-state index in [1.807, 2.05) is 0 Å². The summed E-state index contributed by atoms with van der Waals surface area (Å²) in [4.78, 5) is 7.84. The van der Waals surface area contributed by atoms with E-state index in [-0.39, 0.29) is 0 Å². The van der Waals surface area contributed by atoms with Crippen molar-refractivity contribution in [2.75, 3.05) is 0 Å². The van der Waals surface area contributed by atoms with Crippen LogP contribution < -0.4 is 0 Å². The monoisotopic (exact) mass is 181 g/mol. The van der Waals surface area contributed by atoms with E-state index < -0.39 is 0 Å². The van der Waals surface area contributed by atoms with Crippen LogP contribution in [0, 0.1) is 0 Å². The second-order valence-corrected chi connectivity index (χ2v) is 2.55. The molecule has 60 valence electrons. The van der Waals surface area contributed by atoms with Gasteiger partial charge < -0.3 is 4.52 Å². The number of hydrogen-bond acceptors (Lipinski definition) is 4. The summed E-state index contributed by atoms with van der Waals surface area (Å²) in [6.45, 7) is 0. The fourth-order valence-electron chi connectivity index (χ4n) is 0.811. The van der Waals surface area contributed by atoms with Crippen LogP contribution in [0.2, 0.25) is 5.02 Å². The van der Waals surface area contributed by atoms with Crippen LogP contribution in [-0.4, -0.2) is 15.1 Å². The molecule has 0 aliphatic rings. The Bertz CT molecular complexity index is 374. The van der Waals surface area contributed by atoms with E-state index in [1.54, 1.807) is 18.3 Å². The van der Waals surface area contributed by atoms with Crippen molar-refractivity contribution in [3.05, 3.63) is 29.7 Å². The first-order valence-electron chi connectivity index (χ1n) is 3.24. The summed E-state index contributed by atoms with van der Waals surface area (Å²) in [5.41, 5.74) is 0.608. The molecule has 4 nitrogen and oxygen atoms in total. The average molecular weight is 182 g/mol. The highest BCUT2D eigenvalue weighted by molar-refractivity contribution is 6.30. The summed E-state index contributed by atoms with van der Waals surface area (Å²) in [5.74, 6) is 0.442. The maximum atomic E-state index is 5.74. The summed E-state index contributed by atoms with van der Waals surface area (Å²) in [7, 11) is 0. The standard InChI is InChI=1S/C7H4ClN3O/c8-5-1-2-9-6(3-5)7-10-4-12-11-7/h1-4H. The number of nitrogens with zero attached hydrogens (tertiary/aromatic N) is 3. The van der Waals surface area contributed by atoms with E-state index in [1.165, 1.54) is 6.39 Å². The lowest BCUT2D eigenvalue weighted by molar-refractivity contribution is 0.418. The van der Waals surface area contributed by atoms with Crippen molar-refractivity contribution in [1.29, 1.82) is 0 Å². The van der Waals surface area contributed by atoms with Crippen LogP contribution in [0.3, 0.4) is 0 Å². The third-order valence-corrected chi connectivity index (χ3v) is 1.55. The van der Waals surface area contributed by atoms with Crippen molar-refractivity contribution < 1.29 is 4.52 Å². The Hall–Kier alpha value is -1.42. The van der Waals surface area contributed by atoms with E-state index in [0.29, 0.717) is 16.5 Å². The quantitative estimate of drug-likeness (QED) is 0.673. The van der Waals surface area contributed by atoms with Gasteiger partial charge in [0.15, 0.2) is 0 Å². The smallest absolute Gasteiger partial charge is 0.220 e. The minimum absolute atomic E-state index is 0.442. The fourth-order valence-corrected chi connectivity index (χ4v) is 0.970. The maximum absolute atomic E-state index is 5.74. The summed E-state index contributed by atoms with van der Waals surface area (Å²) >= 11 is 5.74. The highest BCUT2D eigenvalue weighted by Gasteiger charge is 2.03. The Labute approximate surface area is 73.2 Å². The molecule has 0 aromatic carbocycles. The van der Waals surface area contributed by atoms with Crippen LogP contribution in [0.15, 0.2) is 29.2 Å². The van der Waals surface area contributed by atoms with Crippen molar-refractivity contribution >= 4 is 11.6 Å². The Morgan fingerprint density at radius 2 is 2.25 bits per heavy atom. The molecule has 0 saturated heterocycles. The molecule has 0 amide bonds. The Balaban J connectivity index is 2.48. The zero-order valence-electron chi connectivity index (χ0n) is 5.94. The van der Waals surface area contributed by atoms with E-state index in [9.17, 15) is 0 Å². The highest BCUT2D eigenvalue weighted by atomic mass is 35.5. The Morgan fingerprint density at radius 3 is 2.92 bits per heavy atom. The van der Waals surface area contributed by atoms with Gasteiger partial charge in [-0.1, -0.05) is 16.8 Å². The topological polar surface area (TPSA) is 51.8 Å². The molecule has 2 rings (SSSR count). The SMILES string of the molecule is Clc1ccnc(-c2ncon2)c1. The van der Waals surface area contributed by atoms with Crippen LogP contribution in [0.5, 0.6) is 0 Å². The number of hydrogen-bond donors (Lipinski definition) is 0. The molecular formula is C7H4ClN3O. The summed E-state index contributed by atoms with van der Waals surface area (Å²) in [6, 6.07) is 3.36. The van der Waals surface area contributed by atoms with Crippen molar-refractivity contribution in [3.63, 3.8) is 0 Å². The van der Waals surface area contributed by atoms with Crippen LogP contribution >= 0.6 is 11.6 Å². The average Bonchev–Trinajstić information content (AvgIpc) is 2.56. The van der Waals surface area contributed by atoms with Crippen LogP contribution in [0.25, 0.3) is 11.5 Å². The molecule has 0 aliphatic heterocycles. The predicted octanol–water partition coefficient (Wildman–Crippen LogP) is 1.78. The van der Waals surface area contributed by atoms with Gasteiger partial charge in [0.25, 0.3) is 0 Å². The van der Waals surface area contributed by atoms with Crippen molar-refractivity contribution in [3.8, 4) is 11.5 Å². The minimum Gasteiger partial charge on any atom is -0.342 e. The predicted molar refractivity (Wildman–Crippen MR) is 42.5 cm³/mol. The number of rotatable bonds is 1. The molecule has 0 radical (unpaired) electrons. The van der Waals surface area contributed by atoms with Gasteiger partial charge in [0.05, 0.1) is 0 Å². The fraction of sp³-hybridized carbons (Fsp3) is 0. The van der Waals surface area contributed by atoms with Gasteiger partial charge in [-0.05, 0) is 12.1 Å². The molecule has 2 aromatic rings. The molecule has 0 aliphatic carbocycles. The Kier molecular flexibility index (Phi) is 1.75. The lowest BCUT2D eigenvalue weighted by atomic mass is 10.3. The van der Waals surface area contributed by atoms with Crippen LogP contribution in [0.1, 0.15) is 0 Å². The maximum Gasteiger partial charge on any atom is 0.220 e. The molecule has 0 unspecified atom stereocenters. The molecule has 0 fully saturated rings. The molecule has 0 atom stereocenters. The van der Waals surface area contributed by atoms with Crippen molar-refractivity contribution in [1.82, 2.24) is 15.1 Å². The molecule has 0 spiro atoms. The molecule has 2 heterocycles. The lowest BCUT2D eigenvalue weighted by Crippen LogP contribution is -1.83. The van der Waals surface area contributed by atoms with E-state index in [2.05, 4.69) is 19.6 Å². The van der Waals surface area contributed by atoms with Crippen molar-refractivity contribution in [2.24, 2.45) is 0 Å². The first-order chi connectivity index (χ1) is 5.86. The van der Waals surface area contributed by atoms with Crippen molar-refractivity contribution in [2.45, 2.75) is 0 Å². The first-order valence-corrected chi connectivity index (χ1v) is 3.62. The van der Waals surface area contributed by atoms with Crippen LogP contribution in [0.4, 0.5) is 0 Å². The molecule has 12 heavy (non-hydrogen) atoms. The van der Waals surface area contributed by atoms with Gasteiger partial charge in [-0.2, -0.15) is 4.98 Å². The van der Waals surface area contributed by atoms with Gasteiger partial charge in [0.2, 0.25) is 12.2 Å². The number of aromatic nitrogens is 3. The van der Waals surface area contributed by atoms with Gasteiger partial charge in [0, 0.05) is 11.2 Å². The van der Waals surface area contributed by atoms with Gasteiger partial charge in [0.1, 0.15) is 5.69 Å². The van der Waals surface area contributed by atoms with Gasteiger partial charge in [-0.15, -0.1) is 0 Å². The van der Waals surface area contributed by atoms with E-state index >= 15 is 0 Å². The summed E-state index contributed by atoms with van der Waals surface area (Å²) in [6.07, 6.45) is 2.84. The van der Waals surface area contributed by atoms with Crippen LogP contribution in [-0.2, 0) is 0 Å². The lowest BCUT2D eigenvalue weighted by Gasteiger charge is -1.92.